The van der Waals surface area contributed by atoms with E-state index in [0.717, 1.165) is 36.5 Å². The summed E-state index contributed by atoms with van der Waals surface area (Å²) in [6.07, 6.45) is 6.98. The van der Waals surface area contributed by atoms with E-state index in [1.165, 1.54) is 38.6 Å². The van der Waals surface area contributed by atoms with Crippen LogP contribution in [-0.2, 0) is 13.1 Å². The lowest BCUT2D eigenvalue weighted by molar-refractivity contribution is 0.0952. The third-order valence-corrected chi connectivity index (χ3v) is 4.87. The van der Waals surface area contributed by atoms with Crippen molar-refractivity contribution in [1.82, 2.24) is 15.4 Å². The fourth-order valence-corrected chi connectivity index (χ4v) is 3.82. The Labute approximate surface area is 128 Å². The van der Waals surface area contributed by atoms with Crippen LogP contribution in [0.4, 0.5) is 0 Å². The van der Waals surface area contributed by atoms with Crippen LogP contribution in [0.5, 0.6) is 0 Å². The second-order valence-corrected chi connectivity index (χ2v) is 7.76. The molecule has 1 aliphatic heterocycles. The molecule has 1 saturated heterocycles. The van der Waals surface area contributed by atoms with Crippen molar-refractivity contribution in [3.05, 3.63) is 17.5 Å². The van der Waals surface area contributed by atoms with Gasteiger partial charge in [-0.1, -0.05) is 11.6 Å². The van der Waals surface area contributed by atoms with Gasteiger partial charge in [0, 0.05) is 24.2 Å². The van der Waals surface area contributed by atoms with E-state index in [0.29, 0.717) is 0 Å². The Balaban J connectivity index is 1.56. The van der Waals surface area contributed by atoms with Crippen LogP contribution in [-0.4, -0.2) is 28.2 Å². The molecule has 1 N–H and O–H groups in total. The third kappa shape index (κ3) is 3.86. The maximum Gasteiger partial charge on any atom is 0.151 e. The first kappa shape index (κ1) is 15.0. The van der Waals surface area contributed by atoms with E-state index in [1.54, 1.807) is 0 Å². The highest BCUT2D eigenvalue weighted by Crippen LogP contribution is 2.37. The Morgan fingerprint density at radius 3 is 2.90 bits per heavy atom. The summed E-state index contributed by atoms with van der Waals surface area (Å²) < 4.78 is 5.55. The number of nitrogens with one attached hydrogen (secondary N) is 1. The number of aromatic nitrogens is 1. The number of fused-ring (bicyclic) bond motifs is 1. The lowest BCUT2D eigenvalue weighted by atomic mass is 9.92. The summed E-state index contributed by atoms with van der Waals surface area (Å²) in [4.78, 5) is 2.63. The fraction of sp³-hybridized carbons (Fsp3) is 0.824. The van der Waals surface area contributed by atoms with Crippen LogP contribution >= 0.6 is 0 Å². The standard InChI is InChI=1S/C17H29N3O/c1-17(2,3)18-11-14-10-15(21-19-14)12-20-9-5-7-13-6-4-8-16(13)20/h10,13,16,18H,4-9,11-12H2,1-3H3. The summed E-state index contributed by atoms with van der Waals surface area (Å²) in [5, 5.41) is 7.66. The molecular formula is C17H29N3O. The minimum absolute atomic E-state index is 0.114. The van der Waals surface area contributed by atoms with Gasteiger partial charge < -0.3 is 9.84 Å². The maximum absolute atomic E-state index is 5.55. The van der Waals surface area contributed by atoms with Gasteiger partial charge in [-0.3, -0.25) is 4.90 Å². The zero-order chi connectivity index (χ0) is 14.9. The van der Waals surface area contributed by atoms with E-state index in [1.807, 2.05) is 0 Å². The molecule has 21 heavy (non-hydrogen) atoms. The van der Waals surface area contributed by atoms with Gasteiger partial charge in [0.15, 0.2) is 5.76 Å². The Hall–Kier alpha value is -0.870. The minimum atomic E-state index is 0.114. The van der Waals surface area contributed by atoms with Crippen LogP contribution in [0.15, 0.2) is 10.6 Å². The molecule has 0 bridgehead atoms. The molecule has 0 radical (unpaired) electrons. The van der Waals surface area contributed by atoms with Gasteiger partial charge in [0.1, 0.15) is 0 Å². The van der Waals surface area contributed by atoms with Crippen LogP contribution in [0.1, 0.15) is 64.3 Å². The smallest absolute Gasteiger partial charge is 0.151 e. The van der Waals surface area contributed by atoms with E-state index >= 15 is 0 Å². The number of nitrogens with zero attached hydrogens (tertiary/aromatic N) is 2. The summed E-state index contributed by atoms with van der Waals surface area (Å²) in [5.41, 5.74) is 1.13. The van der Waals surface area contributed by atoms with Gasteiger partial charge in [0.2, 0.25) is 0 Å². The Morgan fingerprint density at radius 2 is 2.10 bits per heavy atom. The van der Waals surface area contributed by atoms with Crippen molar-refractivity contribution in [2.75, 3.05) is 6.54 Å². The molecule has 4 nitrogen and oxygen atoms in total. The highest BCUT2D eigenvalue weighted by atomic mass is 16.5. The first-order valence-electron chi connectivity index (χ1n) is 8.45. The molecule has 0 amide bonds. The van der Waals surface area contributed by atoms with E-state index in [4.69, 9.17) is 4.52 Å². The van der Waals surface area contributed by atoms with Crippen molar-refractivity contribution in [3.63, 3.8) is 0 Å². The van der Waals surface area contributed by atoms with Gasteiger partial charge in [-0.25, -0.2) is 0 Å². The lowest BCUT2D eigenvalue weighted by Gasteiger charge is -2.37. The molecule has 4 heteroatoms. The number of piperidine rings is 1. The van der Waals surface area contributed by atoms with Crippen molar-refractivity contribution < 1.29 is 4.52 Å². The van der Waals surface area contributed by atoms with Crippen LogP contribution in [0.2, 0.25) is 0 Å². The van der Waals surface area contributed by atoms with Crippen LogP contribution in [0, 0.1) is 5.92 Å². The van der Waals surface area contributed by atoms with Crippen LogP contribution in [0.25, 0.3) is 0 Å². The van der Waals surface area contributed by atoms with Crippen molar-refractivity contribution in [3.8, 4) is 0 Å². The van der Waals surface area contributed by atoms with Crippen LogP contribution < -0.4 is 5.32 Å². The third-order valence-electron chi connectivity index (χ3n) is 4.87. The van der Waals surface area contributed by atoms with Gasteiger partial charge in [-0.2, -0.15) is 0 Å². The molecular weight excluding hydrogens is 262 g/mol. The molecule has 1 aromatic heterocycles. The van der Waals surface area contributed by atoms with E-state index in [9.17, 15) is 0 Å². The Bertz CT molecular complexity index is 463. The first-order valence-corrected chi connectivity index (χ1v) is 8.45. The summed E-state index contributed by atoms with van der Waals surface area (Å²) in [6, 6.07) is 2.91. The summed E-state index contributed by atoms with van der Waals surface area (Å²) in [6.45, 7) is 9.44. The molecule has 1 aliphatic carbocycles. The minimum Gasteiger partial charge on any atom is -0.360 e. The van der Waals surface area contributed by atoms with Crippen molar-refractivity contribution in [2.45, 2.75) is 77.5 Å². The summed E-state index contributed by atoms with van der Waals surface area (Å²) in [5.74, 6) is 1.96. The molecule has 2 atom stereocenters. The second-order valence-electron chi connectivity index (χ2n) is 7.76. The quantitative estimate of drug-likeness (QED) is 0.924. The number of hydrogen-bond donors (Lipinski definition) is 1. The Morgan fingerprint density at radius 1 is 1.29 bits per heavy atom. The van der Waals surface area contributed by atoms with Gasteiger partial charge in [-0.05, 0) is 58.9 Å². The number of hydrogen-bond acceptors (Lipinski definition) is 4. The van der Waals surface area contributed by atoms with E-state index in [2.05, 4.69) is 42.2 Å². The average Bonchev–Trinajstić information content (AvgIpc) is 3.04. The largest absolute Gasteiger partial charge is 0.360 e. The molecule has 0 aromatic carbocycles. The zero-order valence-electron chi connectivity index (χ0n) is 13.7. The second kappa shape index (κ2) is 6.09. The zero-order valence-corrected chi connectivity index (χ0v) is 13.7. The SMILES string of the molecule is CC(C)(C)NCc1cc(CN2CCCC3CCCC32)on1. The topological polar surface area (TPSA) is 41.3 Å². The predicted molar refractivity (Wildman–Crippen MR) is 83.9 cm³/mol. The number of likely N-dealkylation sites (tertiary alicyclic amines) is 1. The van der Waals surface area contributed by atoms with Gasteiger partial charge in [0.05, 0.1) is 12.2 Å². The molecule has 2 unspecified atom stereocenters. The monoisotopic (exact) mass is 291 g/mol. The van der Waals surface area contributed by atoms with Crippen molar-refractivity contribution >= 4 is 0 Å². The molecule has 3 rings (SSSR count). The summed E-state index contributed by atoms with van der Waals surface area (Å²) in [7, 11) is 0. The molecule has 2 fully saturated rings. The summed E-state index contributed by atoms with van der Waals surface area (Å²) >= 11 is 0. The van der Waals surface area contributed by atoms with E-state index < -0.39 is 0 Å². The Kier molecular flexibility index (Phi) is 4.36. The van der Waals surface area contributed by atoms with Crippen molar-refractivity contribution in [2.24, 2.45) is 5.92 Å². The lowest BCUT2D eigenvalue weighted by Crippen LogP contribution is -2.41. The maximum atomic E-state index is 5.55. The molecule has 1 saturated carbocycles. The molecule has 0 spiro atoms. The molecule has 2 heterocycles. The normalized spacial score (nSPS) is 27.0. The molecule has 1 aromatic rings. The van der Waals surface area contributed by atoms with Crippen molar-refractivity contribution in [1.29, 1.82) is 0 Å². The first-order chi connectivity index (χ1) is 10.0. The highest BCUT2D eigenvalue weighted by Gasteiger charge is 2.35. The predicted octanol–water partition coefficient (Wildman–Crippen LogP) is 3.33. The highest BCUT2D eigenvalue weighted by molar-refractivity contribution is 5.06. The van der Waals surface area contributed by atoms with Crippen LogP contribution in [0.3, 0.4) is 0 Å². The molecule has 2 aliphatic rings. The van der Waals surface area contributed by atoms with Gasteiger partial charge in [-0.15, -0.1) is 0 Å². The van der Waals surface area contributed by atoms with Gasteiger partial charge >= 0.3 is 0 Å². The molecule has 118 valence electrons. The number of rotatable bonds is 4. The van der Waals surface area contributed by atoms with E-state index in [-0.39, 0.29) is 5.54 Å². The van der Waals surface area contributed by atoms with Gasteiger partial charge in [0.25, 0.3) is 0 Å². The fourth-order valence-electron chi connectivity index (χ4n) is 3.82. The average molecular weight is 291 g/mol.